The molecule has 3 N–H and O–H groups in total. The molecular weight excluding hydrogens is 348 g/mol. The van der Waals surface area contributed by atoms with Crippen molar-refractivity contribution in [2.45, 2.75) is 26.3 Å². The van der Waals surface area contributed by atoms with Crippen LogP contribution in [0.1, 0.15) is 34.3 Å². The highest BCUT2D eigenvalue weighted by molar-refractivity contribution is 5.68. The summed E-state index contributed by atoms with van der Waals surface area (Å²) in [6.45, 7) is 4.94. The third-order valence-electron chi connectivity index (χ3n) is 5.36. The van der Waals surface area contributed by atoms with Gasteiger partial charge in [-0.3, -0.25) is 10.7 Å². The monoisotopic (exact) mass is 373 g/mol. The van der Waals surface area contributed by atoms with Gasteiger partial charge in [0.1, 0.15) is 17.6 Å². The Morgan fingerprint density at radius 1 is 1.33 bits per heavy atom. The number of likely N-dealkylation sites (N-methyl/N-ethyl adjacent to an activating group) is 1. The van der Waals surface area contributed by atoms with E-state index in [4.69, 9.17) is 18.6 Å². The molecular formula is C20H25N2O5+. The Hall–Kier alpha value is -2.64. The van der Waals surface area contributed by atoms with Gasteiger partial charge in [-0.05, 0) is 31.5 Å². The molecule has 0 aliphatic carbocycles. The van der Waals surface area contributed by atoms with Crippen molar-refractivity contribution in [3.8, 4) is 17.2 Å². The van der Waals surface area contributed by atoms with Crippen molar-refractivity contribution < 1.29 is 28.7 Å². The average Bonchev–Trinajstić information content (AvgIpc) is 3.25. The van der Waals surface area contributed by atoms with Gasteiger partial charge in [0.15, 0.2) is 11.5 Å². The number of benzene rings is 1. The summed E-state index contributed by atoms with van der Waals surface area (Å²) >= 11 is 0. The second kappa shape index (κ2) is 6.83. The molecule has 2 atom stereocenters. The topological polar surface area (TPSA) is 77.5 Å². The minimum Gasteiger partial charge on any atom is -0.492 e. The van der Waals surface area contributed by atoms with Gasteiger partial charge in [0, 0.05) is 18.1 Å². The van der Waals surface area contributed by atoms with E-state index in [1.807, 2.05) is 32.1 Å². The number of furan rings is 1. The van der Waals surface area contributed by atoms with Crippen molar-refractivity contribution in [3.05, 3.63) is 46.4 Å². The SMILES string of the molecule is COc1c2c(cc3c1[C@@H](C=C(NO)c1cc(C)oc1C)[NH+](C)CC3)OCO2. The number of nitrogens with one attached hydrogen (secondary N) is 2. The summed E-state index contributed by atoms with van der Waals surface area (Å²) in [5, 5.41) is 9.81. The summed E-state index contributed by atoms with van der Waals surface area (Å²) in [6, 6.07) is 3.94. The van der Waals surface area contributed by atoms with Crippen LogP contribution >= 0.6 is 0 Å². The second-order valence-electron chi connectivity index (χ2n) is 7.06. The van der Waals surface area contributed by atoms with Gasteiger partial charge in [-0.25, -0.2) is 0 Å². The van der Waals surface area contributed by atoms with Crippen molar-refractivity contribution in [1.82, 2.24) is 5.48 Å². The van der Waals surface area contributed by atoms with E-state index in [0.717, 1.165) is 41.4 Å². The van der Waals surface area contributed by atoms with Gasteiger partial charge >= 0.3 is 0 Å². The third-order valence-corrected chi connectivity index (χ3v) is 5.36. The van der Waals surface area contributed by atoms with E-state index >= 15 is 0 Å². The largest absolute Gasteiger partial charge is 0.492 e. The van der Waals surface area contributed by atoms with Gasteiger partial charge in [-0.1, -0.05) is 0 Å². The van der Waals surface area contributed by atoms with E-state index in [9.17, 15) is 5.21 Å². The van der Waals surface area contributed by atoms with Gasteiger partial charge in [0.2, 0.25) is 12.5 Å². The Labute approximate surface area is 158 Å². The van der Waals surface area contributed by atoms with E-state index in [1.54, 1.807) is 7.11 Å². The van der Waals surface area contributed by atoms with E-state index in [1.165, 1.54) is 10.5 Å². The minimum absolute atomic E-state index is 0.0255. The van der Waals surface area contributed by atoms with Crippen LogP contribution in [-0.4, -0.2) is 32.7 Å². The maximum atomic E-state index is 9.81. The lowest BCUT2D eigenvalue weighted by Crippen LogP contribution is -3.10. The summed E-state index contributed by atoms with van der Waals surface area (Å²) in [4.78, 5) is 1.30. The molecule has 7 nitrogen and oxygen atoms in total. The Balaban J connectivity index is 1.86. The predicted molar refractivity (Wildman–Crippen MR) is 98.4 cm³/mol. The van der Waals surface area contributed by atoms with Crippen LogP contribution in [0.4, 0.5) is 0 Å². The van der Waals surface area contributed by atoms with Gasteiger partial charge < -0.3 is 23.5 Å². The zero-order chi connectivity index (χ0) is 19.1. The Kier molecular flexibility index (Phi) is 4.49. The molecule has 1 aromatic heterocycles. The van der Waals surface area contributed by atoms with E-state index in [-0.39, 0.29) is 12.8 Å². The molecule has 144 valence electrons. The van der Waals surface area contributed by atoms with Crippen LogP contribution < -0.4 is 24.6 Å². The molecule has 1 unspecified atom stereocenters. The summed E-state index contributed by atoms with van der Waals surface area (Å²) in [5.41, 5.74) is 6.05. The quantitative estimate of drug-likeness (QED) is 0.709. The number of quaternary nitrogens is 1. The zero-order valence-corrected chi connectivity index (χ0v) is 16.0. The molecule has 0 spiro atoms. The molecule has 0 radical (unpaired) electrons. The fourth-order valence-electron chi connectivity index (χ4n) is 4.04. The number of hydrogen-bond donors (Lipinski definition) is 3. The summed E-state index contributed by atoms with van der Waals surface area (Å²) in [7, 11) is 3.79. The first-order valence-electron chi connectivity index (χ1n) is 9.04. The molecule has 0 fully saturated rings. The standard InChI is InChI=1S/C20H24N2O5/c1-11-7-14(12(2)27-11)15(21-23)9-16-18-13(5-6-22(16)3)8-17-19(20(18)24-4)26-10-25-17/h7-9,16,21,23H,5-6,10H2,1-4H3/p+1/t16-/m1/s1. The van der Waals surface area contributed by atoms with Gasteiger partial charge in [-0.2, -0.15) is 0 Å². The molecule has 0 bridgehead atoms. The Morgan fingerprint density at radius 3 is 2.81 bits per heavy atom. The molecule has 0 saturated carbocycles. The van der Waals surface area contributed by atoms with Gasteiger partial charge in [0.05, 0.1) is 32.0 Å². The van der Waals surface area contributed by atoms with E-state index < -0.39 is 0 Å². The molecule has 2 aliphatic heterocycles. The summed E-state index contributed by atoms with van der Waals surface area (Å²) in [6.07, 6.45) is 2.94. The molecule has 7 heteroatoms. The van der Waals surface area contributed by atoms with Crippen LogP contribution in [0.2, 0.25) is 0 Å². The number of fused-ring (bicyclic) bond motifs is 2. The molecule has 1 aromatic carbocycles. The van der Waals surface area contributed by atoms with E-state index in [0.29, 0.717) is 17.2 Å². The van der Waals surface area contributed by atoms with Crippen molar-refractivity contribution in [2.75, 3.05) is 27.5 Å². The van der Waals surface area contributed by atoms with Crippen molar-refractivity contribution in [1.29, 1.82) is 0 Å². The van der Waals surface area contributed by atoms with Crippen LogP contribution in [0, 0.1) is 13.8 Å². The van der Waals surface area contributed by atoms with Crippen molar-refractivity contribution >= 4 is 5.70 Å². The lowest BCUT2D eigenvalue weighted by Gasteiger charge is -2.31. The lowest BCUT2D eigenvalue weighted by molar-refractivity contribution is -0.907. The Morgan fingerprint density at radius 2 is 2.15 bits per heavy atom. The smallest absolute Gasteiger partial charge is 0.231 e. The maximum Gasteiger partial charge on any atom is 0.231 e. The van der Waals surface area contributed by atoms with Crippen molar-refractivity contribution in [3.63, 3.8) is 0 Å². The predicted octanol–water partition coefficient (Wildman–Crippen LogP) is 1.77. The number of hydrogen-bond acceptors (Lipinski definition) is 6. The minimum atomic E-state index is -0.0255. The number of aryl methyl sites for hydroxylation is 2. The Bertz CT molecular complexity index is 902. The molecule has 2 aromatic rings. The highest BCUT2D eigenvalue weighted by Gasteiger charge is 2.36. The fraction of sp³-hybridized carbons (Fsp3) is 0.400. The molecule has 27 heavy (non-hydrogen) atoms. The van der Waals surface area contributed by atoms with Crippen LogP contribution in [0.5, 0.6) is 17.2 Å². The molecule has 2 aliphatic rings. The normalized spacial score (nSPS) is 21.1. The average molecular weight is 373 g/mol. The van der Waals surface area contributed by atoms with Gasteiger partial charge in [-0.15, -0.1) is 0 Å². The first kappa shape index (κ1) is 17.8. The van der Waals surface area contributed by atoms with Crippen LogP contribution in [0.3, 0.4) is 0 Å². The maximum absolute atomic E-state index is 9.81. The summed E-state index contributed by atoms with van der Waals surface area (Å²) in [5.74, 6) is 3.64. The second-order valence-corrected chi connectivity index (χ2v) is 7.06. The highest BCUT2D eigenvalue weighted by atomic mass is 16.7. The van der Waals surface area contributed by atoms with Crippen molar-refractivity contribution in [2.24, 2.45) is 0 Å². The number of rotatable bonds is 4. The third kappa shape index (κ3) is 2.93. The summed E-state index contributed by atoms with van der Waals surface area (Å²) < 4.78 is 22.6. The lowest BCUT2D eigenvalue weighted by atomic mass is 9.90. The molecule has 4 rings (SSSR count). The van der Waals surface area contributed by atoms with Crippen LogP contribution in [0.15, 0.2) is 22.6 Å². The molecule has 0 saturated heterocycles. The fourth-order valence-corrected chi connectivity index (χ4v) is 4.04. The molecule has 3 heterocycles. The number of hydroxylamine groups is 1. The van der Waals surface area contributed by atoms with Crippen LogP contribution in [0.25, 0.3) is 5.70 Å². The van der Waals surface area contributed by atoms with Gasteiger partial charge in [0.25, 0.3) is 0 Å². The number of methoxy groups -OCH3 is 1. The number of ether oxygens (including phenoxy) is 3. The first-order chi connectivity index (χ1) is 13.0. The van der Waals surface area contributed by atoms with Crippen LogP contribution in [-0.2, 0) is 6.42 Å². The van der Waals surface area contributed by atoms with E-state index in [2.05, 4.69) is 12.5 Å². The molecule has 0 amide bonds. The first-order valence-corrected chi connectivity index (χ1v) is 9.04. The highest BCUT2D eigenvalue weighted by Crippen LogP contribution is 2.47. The zero-order valence-electron chi connectivity index (χ0n) is 16.0.